The Bertz CT molecular complexity index is 433. The molecule has 1 aliphatic rings. The number of carbonyl (C=O) groups excluding carboxylic acids is 1. The largest absolute Gasteiger partial charge is 0.326 e. The van der Waals surface area contributed by atoms with Crippen LogP contribution in [0.2, 0.25) is 0 Å². The van der Waals surface area contributed by atoms with Crippen LogP contribution in [0.25, 0.3) is 0 Å². The summed E-state index contributed by atoms with van der Waals surface area (Å²) < 4.78 is 0. The van der Waals surface area contributed by atoms with Crippen LogP contribution in [-0.2, 0) is 4.79 Å². The van der Waals surface area contributed by atoms with Gasteiger partial charge >= 0.3 is 0 Å². The van der Waals surface area contributed by atoms with Gasteiger partial charge in [-0.05, 0) is 30.0 Å². The minimum Gasteiger partial charge on any atom is -0.326 e. The number of nitrogens with one attached hydrogen (secondary N) is 1. The topological polar surface area (TPSA) is 58.4 Å². The summed E-state index contributed by atoms with van der Waals surface area (Å²) in [4.78, 5) is 14.0. The van der Waals surface area contributed by atoms with Crippen LogP contribution in [0, 0.1) is 0 Å². The van der Waals surface area contributed by atoms with Crippen molar-refractivity contribution in [1.82, 2.24) is 4.90 Å². The Morgan fingerprint density at radius 1 is 1.40 bits per heavy atom. The van der Waals surface area contributed by atoms with E-state index >= 15 is 0 Å². The Hall–Kier alpha value is -1.10. The second-order valence-electron chi connectivity index (χ2n) is 5.61. The van der Waals surface area contributed by atoms with E-state index in [0.29, 0.717) is 12.5 Å². The van der Waals surface area contributed by atoms with Crippen LogP contribution in [0.4, 0.5) is 5.69 Å². The minimum atomic E-state index is 0. The Morgan fingerprint density at radius 3 is 2.55 bits per heavy atom. The smallest absolute Gasteiger partial charge is 0.238 e. The Morgan fingerprint density at radius 2 is 2.05 bits per heavy atom. The van der Waals surface area contributed by atoms with Crippen molar-refractivity contribution in [2.75, 3.05) is 25.0 Å². The van der Waals surface area contributed by atoms with Crippen molar-refractivity contribution < 1.29 is 4.79 Å². The van der Waals surface area contributed by atoms with Gasteiger partial charge < -0.3 is 11.1 Å². The van der Waals surface area contributed by atoms with Gasteiger partial charge in [0.25, 0.3) is 0 Å². The van der Waals surface area contributed by atoms with Crippen molar-refractivity contribution in [2.24, 2.45) is 5.73 Å². The quantitative estimate of drug-likeness (QED) is 0.896. The van der Waals surface area contributed by atoms with Crippen LogP contribution in [0.1, 0.15) is 31.7 Å². The fourth-order valence-corrected chi connectivity index (χ4v) is 2.36. The molecule has 0 radical (unpaired) electrons. The molecule has 0 bridgehead atoms. The molecule has 20 heavy (non-hydrogen) atoms. The number of amides is 1. The molecule has 0 saturated carbocycles. The van der Waals surface area contributed by atoms with E-state index in [1.807, 2.05) is 12.1 Å². The fraction of sp³-hybridized carbons (Fsp3) is 0.533. The molecule has 0 aliphatic carbocycles. The molecule has 112 valence electrons. The second-order valence-corrected chi connectivity index (χ2v) is 5.61. The molecule has 0 unspecified atom stereocenters. The summed E-state index contributed by atoms with van der Waals surface area (Å²) in [5.74, 6) is 0.544. The van der Waals surface area contributed by atoms with E-state index in [-0.39, 0.29) is 24.4 Å². The molecule has 1 aromatic rings. The number of rotatable bonds is 4. The molecule has 3 N–H and O–H groups in total. The molecule has 1 aliphatic heterocycles. The molecule has 0 spiro atoms. The highest BCUT2D eigenvalue weighted by molar-refractivity contribution is 5.92. The van der Waals surface area contributed by atoms with E-state index in [9.17, 15) is 4.79 Å². The molecule has 1 atom stereocenters. The first-order valence-electron chi connectivity index (χ1n) is 6.92. The lowest BCUT2D eigenvalue weighted by Crippen LogP contribution is -2.33. The molecule has 1 fully saturated rings. The van der Waals surface area contributed by atoms with E-state index < -0.39 is 0 Å². The lowest BCUT2D eigenvalue weighted by atomic mass is 10.0. The fourth-order valence-electron chi connectivity index (χ4n) is 2.36. The van der Waals surface area contributed by atoms with Crippen LogP contribution >= 0.6 is 12.4 Å². The maximum absolute atomic E-state index is 11.9. The van der Waals surface area contributed by atoms with Gasteiger partial charge in [-0.25, -0.2) is 0 Å². The Kier molecular flexibility index (Phi) is 6.46. The number of nitrogens with zero attached hydrogens (tertiary/aromatic N) is 1. The first kappa shape index (κ1) is 17.0. The molecule has 1 heterocycles. The summed E-state index contributed by atoms with van der Waals surface area (Å²) in [5, 5.41) is 2.93. The predicted molar refractivity (Wildman–Crippen MR) is 85.4 cm³/mol. The van der Waals surface area contributed by atoms with Gasteiger partial charge in [0.05, 0.1) is 6.54 Å². The minimum absolute atomic E-state index is 0. The number of hydrogen-bond donors (Lipinski definition) is 2. The van der Waals surface area contributed by atoms with Gasteiger partial charge in [0.15, 0.2) is 0 Å². The molecule has 1 aromatic carbocycles. The predicted octanol–water partition coefficient (Wildman–Crippen LogP) is 2.20. The zero-order chi connectivity index (χ0) is 13.8. The average molecular weight is 298 g/mol. The molecule has 4 nitrogen and oxygen atoms in total. The molecule has 1 amide bonds. The van der Waals surface area contributed by atoms with Crippen LogP contribution in [0.5, 0.6) is 0 Å². The van der Waals surface area contributed by atoms with Gasteiger partial charge in [-0.3, -0.25) is 9.69 Å². The third-order valence-corrected chi connectivity index (χ3v) is 3.54. The number of likely N-dealkylation sites (tertiary alicyclic amines) is 1. The number of halogens is 1. The summed E-state index contributed by atoms with van der Waals surface area (Å²) in [6.45, 7) is 6.48. The summed E-state index contributed by atoms with van der Waals surface area (Å²) in [6.07, 6.45) is 0.983. The molecule has 1 saturated heterocycles. The maximum Gasteiger partial charge on any atom is 0.238 e. The highest BCUT2D eigenvalue weighted by atomic mass is 35.5. The molecule has 2 rings (SSSR count). The highest BCUT2D eigenvalue weighted by Crippen LogP contribution is 2.17. The molecule has 0 aromatic heterocycles. The summed E-state index contributed by atoms with van der Waals surface area (Å²) >= 11 is 0. The van der Waals surface area contributed by atoms with Gasteiger partial charge in [0, 0.05) is 24.8 Å². The average Bonchev–Trinajstić information content (AvgIpc) is 2.75. The number of nitrogens with two attached hydrogens (primary N) is 1. The van der Waals surface area contributed by atoms with Crippen molar-refractivity contribution >= 4 is 24.0 Å². The maximum atomic E-state index is 11.9. The number of anilines is 1. The van der Waals surface area contributed by atoms with Crippen molar-refractivity contribution in [2.45, 2.75) is 32.2 Å². The van der Waals surface area contributed by atoms with E-state index in [0.717, 1.165) is 25.2 Å². The molecular formula is C15H24ClN3O. The van der Waals surface area contributed by atoms with Gasteiger partial charge in [0.2, 0.25) is 5.91 Å². The van der Waals surface area contributed by atoms with Crippen molar-refractivity contribution in [1.29, 1.82) is 0 Å². The number of hydrogen-bond acceptors (Lipinski definition) is 3. The number of carbonyl (C=O) groups is 1. The van der Waals surface area contributed by atoms with Gasteiger partial charge in [-0.2, -0.15) is 0 Å². The second kappa shape index (κ2) is 7.62. The Labute approximate surface area is 127 Å². The first-order valence-corrected chi connectivity index (χ1v) is 6.92. The van der Waals surface area contributed by atoms with Gasteiger partial charge in [-0.1, -0.05) is 26.0 Å². The van der Waals surface area contributed by atoms with E-state index in [1.165, 1.54) is 5.56 Å². The third-order valence-electron chi connectivity index (χ3n) is 3.54. The van der Waals surface area contributed by atoms with E-state index in [2.05, 4.69) is 36.2 Å². The summed E-state index contributed by atoms with van der Waals surface area (Å²) in [5.41, 5.74) is 7.97. The third kappa shape index (κ3) is 4.78. The normalized spacial score (nSPS) is 18.9. The van der Waals surface area contributed by atoms with Crippen molar-refractivity contribution in [3.05, 3.63) is 29.8 Å². The molecular weight excluding hydrogens is 274 g/mol. The first-order chi connectivity index (χ1) is 9.04. The SMILES string of the molecule is CC(C)c1ccc(NC(=O)CN2CC[C@H](N)C2)cc1.Cl. The van der Waals surface area contributed by atoms with Crippen LogP contribution in [0.3, 0.4) is 0 Å². The summed E-state index contributed by atoms with van der Waals surface area (Å²) in [7, 11) is 0. The number of benzene rings is 1. The standard InChI is InChI=1S/C15H23N3O.ClH/c1-11(2)12-3-5-14(6-4-12)17-15(19)10-18-8-7-13(16)9-18;/h3-6,11,13H,7-10,16H2,1-2H3,(H,17,19);1H/t13-;/m0./s1. The zero-order valence-electron chi connectivity index (χ0n) is 12.1. The van der Waals surface area contributed by atoms with Crippen molar-refractivity contribution in [3.8, 4) is 0 Å². The van der Waals surface area contributed by atoms with Crippen LogP contribution in [-0.4, -0.2) is 36.5 Å². The lowest BCUT2D eigenvalue weighted by molar-refractivity contribution is -0.117. The lowest BCUT2D eigenvalue weighted by Gasteiger charge is -2.15. The Balaban J connectivity index is 0.00000200. The van der Waals surface area contributed by atoms with E-state index in [1.54, 1.807) is 0 Å². The summed E-state index contributed by atoms with van der Waals surface area (Å²) in [6, 6.07) is 8.27. The van der Waals surface area contributed by atoms with E-state index in [4.69, 9.17) is 5.73 Å². The van der Waals surface area contributed by atoms with Crippen LogP contribution < -0.4 is 11.1 Å². The van der Waals surface area contributed by atoms with Crippen LogP contribution in [0.15, 0.2) is 24.3 Å². The monoisotopic (exact) mass is 297 g/mol. The zero-order valence-corrected chi connectivity index (χ0v) is 13.0. The van der Waals surface area contributed by atoms with Gasteiger partial charge in [0.1, 0.15) is 0 Å². The highest BCUT2D eigenvalue weighted by Gasteiger charge is 2.20. The van der Waals surface area contributed by atoms with Crippen molar-refractivity contribution in [3.63, 3.8) is 0 Å². The van der Waals surface area contributed by atoms with Gasteiger partial charge in [-0.15, -0.1) is 12.4 Å². The molecule has 5 heteroatoms.